The fourth-order valence-electron chi connectivity index (χ4n) is 2.58. The molecule has 0 radical (unpaired) electrons. The molecule has 0 amide bonds. The number of aliphatic carboxylic acids is 1. The molecule has 0 aliphatic heterocycles. The largest absolute Gasteiger partial charge is 0.478 e. The molecule has 120 valence electrons. The zero-order valence-corrected chi connectivity index (χ0v) is 16.0. The number of carboxylic acid groups (broad SMARTS) is 1. The van der Waals surface area contributed by atoms with Gasteiger partial charge in [-0.2, -0.15) is 0 Å². The average Bonchev–Trinajstić information content (AvgIpc) is 2.36. The van der Waals surface area contributed by atoms with Gasteiger partial charge >= 0.3 is 5.97 Å². The first-order chi connectivity index (χ1) is 10.2. The Bertz CT molecular complexity index is 572. The average molecular weight is 412 g/mol. The van der Waals surface area contributed by atoms with Gasteiger partial charge < -0.3 is 5.11 Å². The Balaban J connectivity index is 2.79. The van der Waals surface area contributed by atoms with Crippen molar-refractivity contribution in [2.45, 2.75) is 50.4 Å². The Labute approximate surface area is 147 Å². The van der Waals surface area contributed by atoms with E-state index in [9.17, 15) is 4.79 Å². The van der Waals surface area contributed by atoms with Crippen molar-refractivity contribution in [3.8, 4) is 0 Å². The smallest absolute Gasteiger partial charge is 0.328 e. The molecule has 1 aliphatic rings. The molecule has 2 nitrogen and oxygen atoms in total. The number of halogens is 1. The van der Waals surface area contributed by atoms with Crippen molar-refractivity contribution >= 4 is 28.6 Å². The van der Waals surface area contributed by atoms with E-state index in [0.29, 0.717) is 0 Å². The minimum Gasteiger partial charge on any atom is -0.478 e. The van der Waals surface area contributed by atoms with Gasteiger partial charge in [0.2, 0.25) is 0 Å². The Kier molecular flexibility index (Phi) is 7.33. The molecule has 1 rings (SSSR count). The molecular formula is C19H25IO2. The van der Waals surface area contributed by atoms with Gasteiger partial charge in [-0.05, 0) is 58.1 Å². The highest BCUT2D eigenvalue weighted by Gasteiger charge is 2.28. The van der Waals surface area contributed by atoms with Crippen LogP contribution in [0.2, 0.25) is 0 Å². The van der Waals surface area contributed by atoms with Crippen molar-refractivity contribution in [3.63, 3.8) is 0 Å². The van der Waals surface area contributed by atoms with Gasteiger partial charge in [-0.15, -0.1) is 0 Å². The summed E-state index contributed by atoms with van der Waals surface area (Å²) in [4.78, 5) is 10.5. The first-order valence-corrected chi connectivity index (χ1v) is 8.63. The van der Waals surface area contributed by atoms with Crippen LogP contribution in [0.4, 0.5) is 0 Å². The molecule has 0 bridgehead atoms. The van der Waals surface area contributed by atoms with Gasteiger partial charge in [0.15, 0.2) is 0 Å². The molecule has 0 saturated carbocycles. The van der Waals surface area contributed by atoms with Crippen molar-refractivity contribution in [2.75, 3.05) is 0 Å². The Morgan fingerprint density at radius 2 is 1.95 bits per heavy atom. The maximum Gasteiger partial charge on any atom is 0.328 e. The molecule has 0 fully saturated rings. The lowest BCUT2D eigenvalue weighted by molar-refractivity contribution is -0.131. The third kappa shape index (κ3) is 6.34. The summed E-state index contributed by atoms with van der Waals surface area (Å²) in [5, 5.41) is 8.65. The maximum absolute atomic E-state index is 10.5. The molecule has 1 atom stereocenters. The Morgan fingerprint density at radius 3 is 2.55 bits per heavy atom. The molecule has 0 heterocycles. The lowest BCUT2D eigenvalue weighted by Crippen LogP contribution is -2.22. The Morgan fingerprint density at radius 1 is 1.27 bits per heavy atom. The van der Waals surface area contributed by atoms with Crippen molar-refractivity contribution in [1.29, 1.82) is 0 Å². The van der Waals surface area contributed by atoms with Gasteiger partial charge in [-0.3, -0.25) is 0 Å². The van der Waals surface area contributed by atoms with Crippen LogP contribution in [-0.4, -0.2) is 14.5 Å². The summed E-state index contributed by atoms with van der Waals surface area (Å²) >= 11 is 2.56. The number of rotatable bonds is 5. The topological polar surface area (TPSA) is 37.3 Å². The SMILES string of the molecule is CC1=C(/C=C/C(C)=C\C=C\C(C)=C\C(=O)O)[C@@](C)(I)CCC1. The zero-order valence-electron chi connectivity index (χ0n) is 13.8. The predicted octanol–water partition coefficient (Wildman–Crippen LogP) is 5.77. The molecule has 1 aliphatic carbocycles. The minimum absolute atomic E-state index is 0.230. The molecule has 22 heavy (non-hydrogen) atoms. The van der Waals surface area contributed by atoms with Gasteiger partial charge in [0.25, 0.3) is 0 Å². The highest BCUT2D eigenvalue weighted by atomic mass is 127. The first kappa shape index (κ1) is 18.9. The van der Waals surface area contributed by atoms with Crippen LogP contribution in [0, 0.1) is 0 Å². The van der Waals surface area contributed by atoms with E-state index in [1.165, 1.54) is 36.5 Å². The van der Waals surface area contributed by atoms with Crippen LogP contribution in [0.1, 0.15) is 47.0 Å². The van der Waals surface area contributed by atoms with Gasteiger partial charge in [-0.1, -0.05) is 64.1 Å². The summed E-state index contributed by atoms with van der Waals surface area (Å²) in [6.45, 7) is 8.37. The molecule has 1 N–H and O–H groups in total. The lowest BCUT2D eigenvalue weighted by Gasteiger charge is -2.31. The monoisotopic (exact) mass is 412 g/mol. The van der Waals surface area contributed by atoms with Crippen LogP contribution in [0.5, 0.6) is 0 Å². The van der Waals surface area contributed by atoms with E-state index in [1.807, 2.05) is 12.2 Å². The van der Waals surface area contributed by atoms with Crippen molar-refractivity contribution in [1.82, 2.24) is 0 Å². The third-order valence-corrected chi connectivity index (χ3v) is 4.92. The van der Waals surface area contributed by atoms with E-state index in [4.69, 9.17) is 5.11 Å². The fourth-order valence-corrected chi connectivity index (χ4v) is 3.60. The number of allylic oxidation sites excluding steroid dienone is 9. The molecule has 0 aromatic heterocycles. The molecular weight excluding hydrogens is 387 g/mol. The number of hydrogen-bond donors (Lipinski definition) is 1. The molecule has 0 aromatic carbocycles. The first-order valence-electron chi connectivity index (χ1n) is 7.56. The van der Waals surface area contributed by atoms with E-state index in [0.717, 1.165) is 11.1 Å². The molecule has 0 saturated heterocycles. The lowest BCUT2D eigenvalue weighted by atomic mass is 9.84. The highest BCUT2D eigenvalue weighted by Crippen LogP contribution is 2.41. The van der Waals surface area contributed by atoms with Gasteiger partial charge in [0.1, 0.15) is 0 Å². The quantitative estimate of drug-likeness (QED) is 0.269. The summed E-state index contributed by atoms with van der Waals surface area (Å²) in [5.74, 6) is -0.913. The van der Waals surface area contributed by atoms with Gasteiger partial charge in [0, 0.05) is 9.50 Å². The van der Waals surface area contributed by atoms with Crippen LogP contribution in [0.25, 0.3) is 0 Å². The van der Waals surface area contributed by atoms with Crippen molar-refractivity contribution in [3.05, 3.63) is 58.7 Å². The van der Waals surface area contributed by atoms with Gasteiger partial charge in [-0.25, -0.2) is 4.79 Å². The summed E-state index contributed by atoms with van der Waals surface area (Å²) in [5.41, 5.74) is 4.81. The minimum atomic E-state index is -0.913. The summed E-state index contributed by atoms with van der Waals surface area (Å²) < 4.78 is 0.230. The number of carbonyl (C=O) groups is 1. The summed E-state index contributed by atoms with van der Waals surface area (Å²) in [6.07, 6.45) is 15.0. The second kappa shape index (κ2) is 8.51. The Hall–Kier alpha value is -1.10. The molecule has 3 heteroatoms. The molecule has 0 aromatic rings. The second-order valence-electron chi connectivity index (χ2n) is 6.07. The molecule has 0 unspecified atom stereocenters. The van der Waals surface area contributed by atoms with Crippen LogP contribution in [0.15, 0.2) is 58.7 Å². The third-order valence-electron chi connectivity index (χ3n) is 3.80. The fraction of sp³-hybridized carbons (Fsp3) is 0.421. The normalized spacial score (nSPS) is 24.6. The highest BCUT2D eigenvalue weighted by molar-refractivity contribution is 14.1. The number of alkyl halides is 1. The van der Waals surface area contributed by atoms with Crippen molar-refractivity contribution < 1.29 is 9.90 Å². The van der Waals surface area contributed by atoms with Crippen LogP contribution in [-0.2, 0) is 4.79 Å². The second-order valence-corrected chi connectivity index (χ2v) is 8.46. The van der Waals surface area contributed by atoms with Crippen LogP contribution < -0.4 is 0 Å². The summed E-state index contributed by atoms with van der Waals surface area (Å²) in [7, 11) is 0. The zero-order chi connectivity index (χ0) is 16.8. The molecule has 0 spiro atoms. The van der Waals surface area contributed by atoms with E-state index >= 15 is 0 Å². The summed E-state index contributed by atoms with van der Waals surface area (Å²) in [6, 6.07) is 0. The van der Waals surface area contributed by atoms with E-state index < -0.39 is 5.97 Å². The standard InChI is InChI=1S/C19H25IO2/c1-14(7-5-8-15(2)13-18(21)22)10-11-17-16(3)9-6-12-19(17,4)20/h5,7-8,10-11,13H,6,9,12H2,1-4H3,(H,21,22)/b8-5+,11-10+,14-7-,15-13+/t19-/m0/s1. The van der Waals surface area contributed by atoms with E-state index in [2.05, 4.69) is 55.5 Å². The van der Waals surface area contributed by atoms with Crippen LogP contribution in [0.3, 0.4) is 0 Å². The van der Waals surface area contributed by atoms with Crippen molar-refractivity contribution in [2.24, 2.45) is 0 Å². The van der Waals surface area contributed by atoms with E-state index in [1.54, 1.807) is 13.0 Å². The van der Waals surface area contributed by atoms with Gasteiger partial charge in [0.05, 0.1) is 0 Å². The van der Waals surface area contributed by atoms with E-state index in [-0.39, 0.29) is 3.42 Å². The number of carboxylic acids is 1. The predicted molar refractivity (Wildman–Crippen MR) is 102 cm³/mol. The van der Waals surface area contributed by atoms with Crippen LogP contribution >= 0.6 is 22.6 Å². The maximum atomic E-state index is 10.5. The number of hydrogen-bond acceptors (Lipinski definition) is 1.